The van der Waals surface area contributed by atoms with Crippen LogP contribution in [-0.4, -0.2) is 20.9 Å². The van der Waals surface area contributed by atoms with Gasteiger partial charge in [0.15, 0.2) is 5.13 Å². The van der Waals surface area contributed by atoms with Crippen LogP contribution in [0.1, 0.15) is 27.4 Å². The molecule has 0 spiro atoms. The largest absolute Gasteiger partial charge is 0.298 e. The number of carbonyl (C=O) groups excluding carboxylic acids is 1. The number of hydrogen-bond donors (Lipinski definition) is 1. The van der Waals surface area contributed by atoms with Crippen LogP contribution in [0.2, 0.25) is 0 Å². The summed E-state index contributed by atoms with van der Waals surface area (Å²) >= 11 is 1.41. The summed E-state index contributed by atoms with van der Waals surface area (Å²) in [4.78, 5) is 25.4. The predicted molar refractivity (Wildman–Crippen MR) is 83.8 cm³/mol. The number of hydrogen-bond acceptors (Lipinski definition) is 5. The van der Waals surface area contributed by atoms with Gasteiger partial charge in [-0.3, -0.25) is 10.1 Å². The third-order valence-corrected chi connectivity index (χ3v) is 4.05. The van der Waals surface area contributed by atoms with Crippen LogP contribution in [0, 0.1) is 20.8 Å². The van der Waals surface area contributed by atoms with Crippen LogP contribution in [0.25, 0.3) is 11.0 Å². The Kier molecular flexibility index (Phi) is 3.39. The number of fused-ring (bicyclic) bond motifs is 1. The molecule has 0 unspecified atom stereocenters. The van der Waals surface area contributed by atoms with E-state index in [0.29, 0.717) is 10.7 Å². The van der Waals surface area contributed by atoms with E-state index in [4.69, 9.17) is 0 Å². The SMILES string of the molecule is Cc1csc(NC(=O)c2ccc3nc(C)c(C)nc3c2)n1. The Morgan fingerprint density at radius 1 is 1.05 bits per heavy atom. The maximum atomic E-state index is 12.2. The number of aryl methyl sites for hydroxylation is 3. The molecular weight excluding hydrogens is 284 g/mol. The van der Waals surface area contributed by atoms with Crippen LogP contribution in [0.15, 0.2) is 23.6 Å². The van der Waals surface area contributed by atoms with Gasteiger partial charge >= 0.3 is 0 Å². The summed E-state index contributed by atoms with van der Waals surface area (Å²) in [5, 5.41) is 5.29. The lowest BCUT2D eigenvalue weighted by Crippen LogP contribution is -2.11. The summed E-state index contributed by atoms with van der Waals surface area (Å²) in [7, 11) is 0. The molecule has 2 heterocycles. The van der Waals surface area contributed by atoms with Crippen molar-refractivity contribution in [1.82, 2.24) is 15.0 Å². The second kappa shape index (κ2) is 5.21. The van der Waals surface area contributed by atoms with Gasteiger partial charge in [0, 0.05) is 10.9 Å². The van der Waals surface area contributed by atoms with E-state index in [1.807, 2.05) is 32.2 Å². The fraction of sp³-hybridized carbons (Fsp3) is 0.200. The summed E-state index contributed by atoms with van der Waals surface area (Å²) in [5.74, 6) is -0.189. The maximum absolute atomic E-state index is 12.2. The first-order chi connectivity index (χ1) is 10.0. The van der Waals surface area contributed by atoms with Gasteiger partial charge in [-0.2, -0.15) is 0 Å². The van der Waals surface area contributed by atoms with Crippen molar-refractivity contribution in [3.05, 3.63) is 46.2 Å². The van der Waals surface area contributed by atoms with Crippen LogP contribution < -0.4 is 5.32 Å². The number of aromatic nitrogens is 3. The highest BCUT2D eigenvalue weighted by molar-refractivity contribution is 7.13. The molecule has 0 fully saturated rings. The van der Waals surface area contributed by atoms with Crippen molar-refractivity contribution in [2.45, 2.75) is 20.8 Å². The summed E-state index contributed by atoms with van der Waals surface area (Å²) in [6.07, 6.45) is 0. The number of anilines is 1. The van der Waals surface area contributed by atoms with E-state index in [9.17, 15) is 4.79 Å². The summed E-state index contributed by atoms with van der Waals surface area (Å²) < 4.78 is 0. The van der Waals surface area contributed by atoms with Crippen molar-refractivity contribution < 1.29 is 4.79 Å². The van der Waals surface area contributed by atoms with E-state index in [1.54, 1.807) is 12.1 Å². The molecule has 0 saturated heterocycles. The van der Waals surface area contributed by atoms with E-state index in [-0.39, 0.29) is 5.91 Å². The maximum Gasteiger partial charge on any atom is 0.257 e. The average molecular weight is 298 g/mol. The van der Waals surface area contributed by atoms with Gasteiger partial charge in [-0.15, -0.1) is 11.3 Å². The highest BCUT2D eigenvalue weighted by Gasteiger charge is 2.10. The number of benzene rings is 1. The molecule has 2 aromatic heterocycles. The number of nitrogens with one attached hydrogen (secondary N) is 1. The Balaban J connectivity index is 1.93. The summed E-state index contributed by atoms with van der Waals surface area (Å²) in [5.41, 5.74) is 4.73. The average Bonchev–Trinajstić information content (AvgIpc) is 2.85. The molecule has 0 saturated carbocycles. The van der Waals surface area contributed by atoms with Crippen LogP contribution in [0.3, 0.4) is 0 Å². The summed E-state index contributed by atoms with van der Waals surface area (Å²) in [6, 6.07) is 5.32. The van der Waals surface area contributed by atoms with Gasteiger partial charge in [0.1, 0.15) is 0 Å². The molecule has 21 heavy (non-hydrogen) atoms. The van der Waals surface area contributed by atoms with Crippen LogP contribution in [-0.2, 0) is 0 Å². The third-order valence-electron chi connectivity index (χ3n) is 3.18. The van der Waals surface area contributed by atoms with Crippen molar-refractivity contribution in [3.63, 3.8) is 0 Å². The van der Waals surface area contributed by atoms with Gasteiger partial charge in [-0.25, -0.2) is 15.0 Å². The quantitative estimate of drug-likeness (QED) is 0.788. The zero-order chi connectivity index (χ0) is 15.0. The first kappa shape index (κ1) is 13.6. The van der Waals surface area contributed by atoms with Crippen LogP contribution >= 0.6 is 11.3 Å². The lowest BCUT2D eigenvalue weighted by Gasteiger charge is -2.05. The molecule has 106 valence electrons. The third kappa shape index (κ3) is 2.75. The van der Waals surface area contributed by atoms with E-state index in [0.717, 1.165) is 28.1 Å². The Bertz CT molecular complexity index is 841. The molecule has 0 radical (unpaired) electrons. The van der Waals surface area contributed by atoms with Crippen LogP contribution in [0.4, 0.5) is 5.13 Å². The van der Waals surface area contributed by atoms with Gasteiger partial charge in [0.05, 0.1) is 28.1 Å². The first-order valence-corrected chi connectivity index (χ1v) is 7.39. The minimum atomic E-state index is -0.189. The second-order valence-electron chi connectivity index (χ2n) is 4.85. The molecule has 1 N–H and O–H groups in total. The van der Waals surface area contributed by atoms with E-state index in [1.165, 1.54) is 11.3 Å². The fourth-order valence-electron chi connectivity index (χ4n) is 1.95. The van der Waals surface area contributed by atoms with Gasteiger partial charge < -0.3 is 0 Å². The molecule has 1 amide bonds. The molecule has 0 aliphatic rings. The molecule has 5 nitrogen and oxygen atoms in total. The topological polar surface area (TPSA) is 67.8 Å². The Morgan fingerprint density at radius 3 is 2.43 bits per heavy atom. The molecule has 6 heteroatoms. The van der Waals surface area contributed by atoms with Crippen molar-refractivity contribution in [2.75, 3.05) is 5.32 Å². The van der Waals surface area contributed by atoms with Crippen molar-refractivity contribution in [2.24, 2.45) is 0 Å². The lowest BCUT2D eigenvalue weighted by atomic mass is 10.1. The number of thiazole rings is 1. The number of rotatable bonds is 2. The number of nitrogens with zero attached hydrogens (tertiary/aromatic N) is 3. The fourth-order valence-corrected chi connectivity index (χ4v) is 2.64. The van der Waals surface area contributed by atoms with E-state index >= 15 is 0 Å². The van der Waals surface area contributed by atoms with Gasteiger partial charge in [-0.1, -0.05) is 0 Å². The highest BCUT2D eigenvalue weighted by Crippen LogP contribution is 2.18. The predicted octanol–water partition coefficient (Wildman–Crippen LogP) is 3.26. The van der Waals surface area contributed by atoms with Crippen molar-refractivity contribution >= 4 is 33.4 Å². The van der Waals surface area contributed by atoms with Crippen molar-refractivity contribution in [1.29, 1.82) is 0 Å². The molecule has 1 aromatic carbocycles. The zero-order valence-corrected chi connectivity index (χ0v) is 12.8. The minimum Gasteiger partial charge on any atom is -0.298 e. The Hall–Kier alpha value is -2.34. The van der Waals surface area contributed by atoms with E-state index < -0.39 is 0 Å². The first-order valence-electron chi connectivity index (χ1n) is 6.51. The highest BCUT2D eigenvalue weighted by atomic mass is 32.1. The Labute approximate surface area is 126 Å². The lowest BCUT2D eigenvalue weighted by molar-refractivity contribution is 0.102. The second-order valence-corrected chi connectivity index (χ2v) is 5.70. The van der Waals surface area contributed by atoms with Crippen molar-refractivity contribution in [3.8, 4) is 0 Å². The zero-order valence-electron chi connectivity index (χ0n) is 12.0. The monoisotopic (exact) mass is 298 g/mol. The van der Waals surface area contributed by atoms with Gasteiger partial charge in [0.25, 0.3) is 5.91 Å². The molecule has 3 rings (SSSR count). The molecule has 0 bridgehead atoms. The molecule has 3 aromatic rings. The smallest absolute Gasteiger partial charge is 0.257 e. The molecular formula is C15H14N4OS. The van der Waals surface area contributed by atoms with Gasteiger partial charge in [-0.05, 0) is 39.0 Å². The molecule has 0 aliphatic heterocycles. The summed E-state index contributed by atoms with van der Waals surface area (Å²) in [6.45, 7) is 5.73. The standard InChI is InChI=1S/C15H14N4OS/c1-8-7-21-15(16-8)19-14(20)11-4-5-12-13(6-11)18-10(3)9(2)17-12/h4-7H,1-3H3,(H,16,19,20). The normalized spacial score (nSPS) is 10.8. The van der Waals surface area contributed by atoms with Gasteiger partial charge in [0.2, 0.25) is 0 Å². The van der Waals surface area contributed by atoms with Crippen LogP contribution in [0.5, 0.6) is 0 Å². The van der Waals surface area contributed by atoms with E-state index in [2.05, 4.69) is 20.3 Å². The molecule has 0 atom stereocenters. The molecule has 0 aliphatic carbocycles. The Morgan fingerprint density at radius 2 is 1.76 bits per heavy atom. The number of amides is 1. The number of carbonyl (C=O) groups is 1. The minimum absolute atomic E-state index is 0.189.